The first-order chi connectivity index (χ1) is 9.33. The molecule has 1 aromatic carbocycles. The van der Waals surface area contributed by atoms with Gasteiger partial charge in [-0.1, -0.05) is 19.1 Å². The van der Waals surface area contributed by atoms with Crippen molar-refractivity contribution in [3.05, 3.63) is 46.7 Å². The van der Waals surface area contributed by atoms with Gasteiger partial charge in [-0.2, -0.15) is 5.26 Å². The molecule has 98 valence electrons. The Morgan fingerprint density at radius 2 is 2.26 bits per heavy atom. The zero-order valence-electron chi connectivity index (χ0n) is 10.8. The zero-order valence-corrected chi connectivity index (χ0v) is 11.6. The zero-order chi connectivity index (χ0) is 13.5. The van der Waals surface area contributed by atoms with Crippen molar-refractivity contribution in [2.75, 3.05) is 11.9 Å². The van der Waals surface area contributed by atoms with Crippen molar-refractivity contribution in [1.82, 2.24) is 0 Å². The number of hydrogen-bond donors (Lipinski definition) is 1. The molecular weight excluding hydrogens is 256 g/mol. The fourth-order valence-electron chi connectivity index (χ4n) is 1.86. The summed E-state index contributed by atoms with van der Waals surface area (Å²) in [4.78, 5) is 1.32. The van der Waals surface area contributed by atoms with Gasteiger partial charge in [0.1, 0.15) is 11.8 Å². The summed E-state index contributed by atoms with van der Waals surface area (Å²) in [6, 6.07) is 14.2. The van der Waals surface area contributed by atoms with Crippen LogP contribution >= 0.6 is 11.3 Å². The Morgan fingerprint density at radius 1 is 1.37 bits per heavy atom. The first-order valence-corrected chi connectivity index (χ1v) is 7.11. The second-order valence-electron chi connectivity index (χ2n) is 4.10. The van der Waals surface area contributed by atoms with E-state index in [1.807, 2.05) is 30.3 Å². The minimum atomic E-state index is 0.0750. The van der Waals surface area contributed by atoms with Gasteiger partial charge in [-0.3, -0.25) is 0 Å². The van der Waals surface area contributed by atoms with Crippen LogP contribution in [-0.4, -0.2) is 6.61 Å². The molecule has 0 spiro atoms. The molecule has 0 fully saturated rings. The van der Waals surface area contributed by atoms with Gasteiger partial charge < -0.3 is 10.1 Å². The summed E-state index contributed by atoms with van der Waals surface area (Å²) in [5.74, 6) is 0.715. The molecule has 0 radical (unpaired) electrons. The van der Waals surface area contributed by atoms with E-state index in [-0.39, 0.29) is 6.61 Å². The van der Waals surface area contributed by atoms with Crippen molar-refractivity contribution < 1.29 is 4.74 Å². The van der Waals surface area contributed by atoms with Crippen LogP contribution in [0.1, 0.15) is 24.3 Å². The van der Waals surface area contributed by atoms with Crippen molar-refractivity contribution in [2.24, 2.45) is 0 Å². The molecule has 0 saturated carbocycles. The molecule has 3 nitrogen and oxygen atoms in total. The molecular formula is C15H16N2OS. The monoisotopic (exact) mass is 272 g/mol. The average Bonchev–Trinajstić information content (AvgIpc) is 2.97. The van der Waals surface area contributed by atoms with Gasteiger partial charge in [0.25, 0.3) is 0 Å². The fraction of sp³-hybridized carbons (Fsp3) is 0.267. The van der Waals surface area contributed by atoms with Crippen LogP contribution in [0.3, 0.4) is 0 Å². The SMILES string of the molecule is CCC(Nc1cccc(OCC#N)c1)c1cccs1. The third-order valence-electron chi connectivity index (χ3n) is 2.77. The normalized spacial score (nSPS) is 11.6. The van der Waals surface area contributed by atoms with Gasteiger partial charge in [0.05, 0.1) is 6.04 Å². The Labute approximate surface area is 117 Å². The van der Waals surface area contributed by atoms with Crippen molar-refractivity contribution in [3.8, 4) is 11.8 Å². The van der Waals surface area contributed by atoms with Gasteiger partial charge in [0.15, 0.2) is 6.61 Å². The molecule has 1 aromatic heterocycles. The van der Waals surface area contributed by atoms with Gasteiger partial charge in [-0.25, -0.2) is 0 Å². The topological polar surface area (TPSA) is 45.0 Å². The highest BCUT2D eigenvalue weighted by molar-refractivity contribution is 7.10. The highest BCUT2D eigenvalue weighted by Gasteiger charge is 2.10. The van der Waals surface area contributed by atoms with Crippen molar-refractivity contribution in [1.29, 1.82) is 5.26 Å². The minimum Gasteiger partial charge on any atom is -0.479 e. The predicted molar refractivity (Wildman–Crippen MR) is 78.5 cm³/mol. The second kappa shape index (κ2) is 6.81. The van der Waals surface area contributed by atoms with Crippen LogP contribution in [0.25, 0.3) is 0 Å². The van der Waals surface area contributed by atoms with Crippen LogP contribution in [0.5, 0.6) is 5.75 Å². The van der Waals surface area contributed by atoms with E-state index in [1.165, 1.54) is 4.88 Å². The van der Waals surface area contributed by atoms with E-state index in [1.54, 1.807) is 11.3 Å². The first kappa shape index (κ1) is 13.4. The highest BCUT2D eigenvalue weighted by atomic mass is 32.1. The molecule has 0 bridgehead atoms. The van der Waals surface area contributed by atoms with E-state index >= 15 is 0 Å². The lowest BCUT2D eigenvalue weighted by molar-refractivity contribution is 0.368. The van der Waals surface area contributed by atoms with Crippen molar-refractivity contribution >= 4 is 17.0 Å². The first-order valence-electron chi connectivity index (χ1n) is 6.23. The number of nitriles is 1. The third-order valence-corrected chi connectivity index (χ3v) is 3.76. The van der Waals surface area contributed by atoms with Gasteiger partial charge in [0, 0.05) is 16.6 Å². The summed E-state index contributed by atoms with van der Waals surface area (Å²) in [6.07, 6.45) is 1.02. The summed E-state index contributed by atoms with van der Waals surface area (Å²) in [5.41, 5.74) is 1.01. The lowest BCUT2D eigenvalue weighted by atomic mass is 10.1. The van der Waals surface area contributed by atoms with E-state index in [4.69, 9.17) is 10.00 Å². The smallest absolute Gasteiger partial charge is 0.174 e. The maximum absolute atomic E-state index is 8.52. The van der Waals surface area contributed by atoms with E-state index in [0.717, 1.165) is 12.1 Å². The van der Waals surface area contributed by atoms with Gasteiger partial charge in [-0.15, -0.1) is 11.3 Å². The van der Waals surface area contributed by atoms with E-state index in [9.17, 15) is 0 Å². The molecule has 0 amide bonds. The van der Waals surface area contributed by atoms with Crippen molar-refractivity contribution in [2.45, 2.75) is 19.4 Å². The minimum absolute atomic E-state index is 0.0750. The molecule has 0 saturated heterocycles. The molecule has 1 unspecified atom stereocenters. The maximum Gasteiger partial charge on any atom is 0.174 e. The Balaban J connectivity index is 2.07. The molecule has 1 heterocycles. The lowest BCUT2D eigenvalue weighted by Crippen LogP contribution is -2.08. The predicted octanol–water partition coefficient (Wildman–Crippen LogP) is 4.21. The summed E-state index contributed by atoms with van der Waals surface area (Å²) < 4.78 is 5.30. The number of thiophene rings is 1. The molecule has 19 heavy (non-hydrogen) atoms. The molecule has 1 N–H and O–H groups in total. The third kappa shape index (κ3) is 3.73. The molecule has 2 rings (SSSR count). The summed E-state index contributed by atoms with van der Waals surface area (Å²) in [7, 11) is 0. The van der Waals surface area contributed by atoms with Crippen LogP contribution in [0.2, 0.25) is 0 Å². The van der Waals surface area contributed by atoms with Crippen LogP contribution < -0.4 is 10.1 Å². The Bertz CT molecular complexity index is 546. The Morgan fingerprint density at radius 3 is 2.95 bits per heavy atom. The molecule has 2 aromatic rings. The molecule has 4 heteroatoms. The van der Waals surface area contributed by atoms with Crippen LogP contribution in [-0.2, 0) is 0 Å². The summed E-state index contributed by atoms with van der Waals surface area (Å²) in [6.45, 7) is 2.24. The number of ether oxygens (including phenoxy) is 1. The van der Waals surface area contributed by atoms with Crippen LogP contribution in [0.15, 0.2) is 41.8 Å². The highest BCUT2D eigenvalue weighted by Crippen LogP contribution is 2.27. The number of rotatable bonds is 6. The summed E-state index contributed by atoms with van der Waals surface area (Å²) >= 11 is 1.76. The Hall–Kier alpha value is -1.99. The average molecular weight is 272 g/mol. The van der Waals surface area contributed by atoms with E-state index < -0.39 is 0 Å². The number of hydrogen-bond acceptors (Lipinski definition) is 4. The molecule has 0 aliphatic carbocycles. The standard InChI is InChI=1S/C15H16N2OS/c1-2-14(15-7-4-10-19-15)17-12-5-3-6-13(11-12)18-9-8-16/h3-7,10-11,14,17H,2,9H2,1H3. The lowest BCUT2D eigenvalue weighted by Gasteiger charge is -2.17. The fourth-order valence-corrected chi connectivity index (χ4v) is 2.72. The number of benzene rings is 1. The van der Waals surface area contributed by atoms with Gasteiger partial charge >= 0.3 is 0 Å². The van der Waals surface area contributed by atoms with E-state index in [0.29, 0.717) is 11.8 Å². The molecule has 1 atom stereocenters. The number of anilines is 1. The van der Waals surface area contributed by atoms with Crippen molar-refractivity contribution in [3.63, 3.8) is 0 Å². The largest absolute Gasteiger partial charge is 0.479 e. The molecule has 0 aliphatic rings. The summed E-state index contributed by atoms with van der Waals surface area (Å²) in [5, 5.41) is 14.1. The van der Waals surface area contributed by atoms with Gasteiger partial charge in [0.2, 0.25) is 0 Å². The van der Waals surface area contributed by atoms with Gasteiger partial charge in [-0.05, 0) is 30.0 Å². The van der Waals surface area contributed by atoms with E-state index in [2.05, 4.69) is 29.8 Å². The number of nitrogens with zero attached hydrogens (tertiary/aromatic N) is 1. The Kier molecular flexibility index (Phi) is 4.82. The number of nitrogens with one attached hydrogen (secondary N) is 1. The molecule has 0 aliphatic heterocycles. The van der Waals surface area contributed by atoms with Crippen LogP contribution in [0, 0.1) is 11.3 Å². The maximum atomic E-state index is 8.52. The quantitative estimate of drug-likeness (QED) is 0.856. The second-order valence-corrected chi connectivity index (χ2v) is 5.07. The van der Waals surface area contributed by atoms with Crippen LogP contribution in [0.4, 0.5) is 5.69 Å².